The van der Waals surface area contributed by atoms with E-state index >= 15 is 0 Å². The van der Waals surface area contributed by atoms with E-state index in [2.05, 4.69) is 10.3 Å². The van der Waals surface area contributed by atoms with Crippen molar-refractivity contribution in [3.8, 4) is 0 Å². The zero-order valence-corrected chi connectivity index (χ0v) is 27.4. The first kappa shape index (κ1) is 35.3. The van der Waals surface area contributed by atoms with Crippen molar-refractivity contribution in [1.82, 2.24) is 9.55 Å². The van der Waals surface area contributed by atoms with Gasteiger partial charge in [-0.05, 0) is 86.7 Å². The van der Waals surface area contributed by atoms with Gasteiger partial charge >= 0.3 is 6.18 Å². The molecule has 1 aliphatic carbocycles. The van der Waals surface area contributed by atoms with Crippen LogP contribution < -0.4 is 9.62 Å². The molecule has 0 saturated heterocycles. The quantitative estimate of drug-likeness (QED) is 0.160. The maximum atomic E-state index is 14.6. The Morgan fingerprint density at radius 3 is 2.44 bits per heavy atom. The molecule has 258 valence electrons. The van der Waals surface area contributed by atoms with Crippen LogP contribution in [0.5, 0.6) is 0 Å². The van der Waals surface area contributed by atoms with Gasteiger partial charge in [-0.25, -0.2) is 17.8 Å². The first-order valence-corrected chi connectivity index (χ1v) is 16.5. The zero-order chi connectivity index (χ0) is 35.2. The number of alkyl halides is 3. The Hall–Kier alpha value is -4.05. The monoisotopic (exact) mass is 692 g/mol. The van der Waals surface area contributed by atoms with Crippen molar-refractivity contribution in [2.45, 2.75) is 49.3 Å². The number of amides is 1. The summed E-state index contributed by atoms with van der Waals surface area (Å²) < 4.78 is 89.1. The second-order valence-electron chi connectivity index (χ2n) is 12.4. The summed E-state index contributed by atoms with van der Waals surface area (Å²) in [5, 5.41) is 23.0. The highest BCUT2D eigenvalue weighted by molar-refractivity contribution is 7.92. The third kappa shape index (κ3) is 7.04. The summed E-state index contributed by atoms with van der Waals surface area (Å²) in [5.41, 5.74) is -0.740. The summed E-state index contributed by atoms with van der Waals surface area (Å²) in [4.78, 5) is 18.0. The second kappa shape index (κ2) is 13.1. The molecule has 10 nitrogen and oxygen atoms in total. The average Bonchev–Trinajstić information content (AvgIpc) is 3.31. The Morgan fingerprint density at radius 2 is 1.81 bits per heavy atom. The van der Waals surface area contributed by atoms with E-state index in [-0.39, 0.29) is 24.3 Å². The Balaban J connectivity index is 1.41. The molecule has 48 heavy (non-hydrogen) atoms. The van der Waals surface area contributed by atoms with Gasteiger partial charge in [-0.1, -0.05) is 12.1 Å². The molecule has 1 aliphatic rings. The number of carbonyl (C=O) groups excluding carboxylic acids is 1. The third-order valence-electron chi connectivity index (χ3n) is 9.06. The number of anilines is 2. The van der Waals surface area contributed by atoms with Crippen molar-refractivity contribution < 1.29 is 45.7 Å². The minimum absolute atomic E-state index is 0.0579. The lowest BCUT2D eigenvalue weighted by atomic mass is 9.64. The van der Waals surface area contributed by atoms with Crippen LogP contribution in [0.2, 0.25) is 0 Å². The van der Waals surface area contributed by atoms with E-state index < -0.39 is 69.3 Å². The third-order valence-corrected chi connectivity index (χ3v) is 10.8. The lowest BCUT2D eigenvalue weighted by Gasteiger charge is -2.44. The van der Waals surface area contributed by atoms with E-state index in [9.17, 15) is 41.0 Å². The molecule has 0 spiro atoms. The highest BCUT2D eigenvalue weighted by Crippen LogP contribution is 2.47. The zero-order valence-electron chi connectivity index (χ0n) is 26.6. The number of rotatable bonds is 9. The Bertz CT molecular complexity index is 1930. The predicted octanol–water partition coefficient (Wildman–Crippen LogP) is 5.33. The first-order valence-electron chi connectivity index (χ1n) is 15.0. The maximum Gasteiger partial charge on any atom is 0.416 e. The van der Waals surface area contributed by atoms with Crippen LogP contribution in [0.25, 0.3) is 11.0 Å². The lowest BCUT2D eigenvalue weighted by Crippen LogP contribution is -2.47. The van der Waals surface area contributed by atoms with Crippen molar-refractivity contribution in [2.24, 2.45) is 18.9 Å². The number of imidazole rings is 1. The van der Waals surface area contributed by atoms with Gasteiger partial charge in [0.2, 0.25) is 5.91 Å². The number of ether oxygens (including phenoxy) is 1. The van der Waals surface area contributed by atoms with E-state index in [1.165, 1.54) is 26.1 Å². The number of halogens is 4. The standard InChI is InChI=1S/C33H36F4N4O6S/c1-19-38-29-14-23(10-12-30(29)40(19)3)48(45,46)41(4)22-8-5-20(6-9-22)24-15-32(2,44)16-25(26(24)17-47-18-42)31(43)39-28-11-7-21(13-27(28)34)33(35,36)37/h5-14,24-26,42,44H,15-18H2,1-4H3,(H,39,43)/t24-,25-,26-,32+/m1/s1. The van der Waals surface area contributed by atoms with E-state index in [0.717, 1.165) is 21.7 Å². The molecule has 4 aromatic rings. The van der Waals surface area contributed by atoms with E-state index in [4.69, 9.17) is 4.74 Å². The number of nitrogens with zero attached hydrogens (tertiary/aromatic N) is 3. The van der Waals surface area contributed by atoms with Crippen molar-refractivity contribution in [3.05, 3.63) is 83.4 Å². The van der Waals surface area contributed by atoms with Crippen LogP contribution in [0, 0.1) is 24.6 Å². The molecule has 3 N–H and O–H groups in total. The fourth-order valence-electron chi connectivity index (χ4n) is 6.39. The highest BCUT2D eigenvalue weighted by Gasteiger charge is 2.46. The Labute approximate surface area is 275 Å². The van der Waals surface area contributed by atoms with Crippen molar-refractivity contribution in [3.63, 3.8) is 0 Å². The molecule has 0 aliphatic heterocycles. The molecule has 4 atom stereocenters. The summed E-state index contributed by atoms with van der Waals surface area (Å²) in [6.45, 7) is 2.57. The molecule has 1 amide bonds. The van der Waals surface area contributed by atoms with Gasteiger partial charge in [-0.15, -0.1) is 0 Å². The van der Waals surface area contributed by atoms with Gasteiger partial charge in [0, 0.05) is 25.9 Å². The Kier molecular flexibility index (Phi) is 9.63. The maximum absolute atomic E-state index is 14.6. The van der Waals surface area contributed by atoms with Crippen molar-refractivity contribution in [2.75, 3.05) is 30.1 Å². The number of aliphatic hydroxyl groups is 2. The summed E-state index contributed by atoms with van der Waals surface area (Å²) in [7, 11) is -0.721. The number of carbonyl (C=O) groups is 1. The normalized spacial score (nSPS) is 21.8. The summed E-state index contributed by atoms with van der Waals surface area (Å²) in [6, 6.07) is 13.0. The highest BCUT2D eigenvalue weighted by atomic mass is 32.2. The van der Waals surface area contributed by atoms with Gasteiger partial charge in [0.1, 0.15) is 18.4 Å². The number of fused-ring (bicyclic) bond motifs is 1. The summed E-state index contributed by atoms with van der Waals surface area (Å²) in [6.07, 6.45) is -4.68. The van der Waals surface area contributed by atoms with Gasteiger partial charge in [0.25, 0.3) is 10.0 Å². The molecule has 1 heterocycles. The topological polar surface area (TPSA) is 134 Å². The molecule has 1 saturated carbocycles. The molecule has 5 rings (SSSR count). The van der Waals surface area contributed by atoms with Crippen LogP contribution in [0.3, 0.4) is 0 Å². The number of aromatic nitrogens is 2. The molecule has 3 aromatic carbocycles. The second-order valence-corrected chi connectivity index (χ2v) is 14.4. The van der Waals surface area contributed by atoms with Crippen LogP contribution in [0.4, 0.5) is 28.9 Å². The largest absolute Gasteiger partial charge is 0.416 e. The van der Waals surface area contributed by atoms with Gasteiger partial charge in [0.05, 0.1) is 45.1 Å². The van der Waals surface area contributed by atoms with E-state index in [1.807, 2.05) is 18.5 Å². The van der Waals surface area contributed by atoms with Crippen molar-refractivity contribution >= 4 is 38.3 Å². The predicted molar refractivity (Wildman–Crippen MR) is 170 cm³/mol. The number of hydrogen-bond donors (Lipinski definition) is 3. The van der Waals surface area contributed by atoms with Crippen LogP contribution in [0.1, 0.15) is 42.6 Å². The number of aliphatic hydroxyl groups excluding tert-OH is 1. The van der Waals surface area contributed by atoms with Crippen molar-refractivity contribution in [1.29, 1.82) is 0 Å². The number of aryl methyl sites for hydroxylation is 2. The molecule has 1 aromatic heterocycles. The fraction of sp³-hybridized carbons (Fsp3) is 0.394. The molecule has 1 fully saturated rings. The lowest BCUT2D eigenvalue weighted by molar-refractivity contribution is -0.137. The van der Waals surface area contributed by atoms with E-state index in [0.29, 0.717) is 28.9 Å². The minimum Gasteiger partial charge on any atom is -0.390 e. The van der Waals surface area contributed by atoms with Gasteiger partial charge in [-0.3, -0.25) is 9.10 Å². The minimum atomic E-state index is -4.77. The molecule has 0 unspecified atom stereocenters. The number of benzene rings is 3. The number of nitrogens with one attached hydrogen (secondary N) is 1. The molecule has 0 radical (unpaired) electrons. The van der Waals surface area contributed by atoms with Gasteiger partial charge < -0.3 is 24.8 Å². The summed E-state index contributed by atoms with van der Waals surface area (Å²) in [5.74, 6) is -3.48. The van der Waals surface area contributed by atoms with Gasteiger partial charge in [-0.2, -0.15) is 13.2 Å². The SMILES string of the molecule is Cc1nc2cc(S(=O)(=O)N(C)c3ccc([C@H]4C[C@](C)(O)C[C@@H](C(=O)Nc5ccc(C(F)(F)F)cc5F)[C@@H]4COCO)cc3)ccc2n1C. The van der Waals surface area contributed by atoms with Gasteiger partial charge in [0.15, 0.2) is 0 Å². The molecule has 15 heteroatoms. The van der Waals surface area contributed by atoms with Crippen LogP contribution in [-0.4, -0.2) is 60.1 Å². The van der Waals surface area contributed by atoms with Crippen LogP contribution >= 0.6 is 0 Å². The van der Waals surface area contributed by atoms with E-state index in [1.54, 1.807) is 30.3 Å². The summed E-state index contributed by atoms with van der Waals surface area (Å²) >= 11 is 0. The first-order chi connectivity index (χ1) is 22.4. The molecular formula is C33H36F4N4O6S. The average molecular weight is 693 g/mol. The molecular weight excluding hydrogens is 656 g/mol. The van der Waals surface area contributed by atoms with Crippen LogP contribution in [-0.2, 0) is 32.8 Å². The number of sulfonamides is 1. The fourth-order valence-corrected chi connectivity index (χ4v) is 7.61. The molecule has 0 bridgehead atoms. The van der Waals surface area contributed by atoms with Crippen LogP contribution in [0.15, 0.2) is 65.6 Å². The number of hydrogen-bond acceptors (Lipinski definition) is 7. The Morgan fingerprint density at radius 1 is 1.12 bits per heavy atom. The smallest absolute Gasteiger partial charge is 0.390 e.